The summed E-state index contributed by atoms with van der Waals surface area (Å²) in [5.74, 6) is 1.35. The Morgan fingerprint density at radius 1 is 1.19 bits per heavy atom. The zero-order valence-electron chi connectivity index (χ0n) is 10.3. The molecule has 0 amide bonds. The van der Waals surface area contributed by atoms with E-state index in [0.29, 0.717) is 11.8 Å². The van der Waals surface area contributed by atoms with Gasteiger partial charge >= 0.3 is 0 Å². The Hall–Kier alpha value is -1.24. The minimum Gasteiger partial charge on any atom is -0.350 e. The zero-order chi connectivity index (χ0) is 11.3. The average Bonchev–Trinajstić information content (AvgIpc) is 2.54. The summed E-state index contributed by atoms with van der Waals surface area (Å²) >= 11 is 0. The highest BCUT2D eigenvalue weighted by Gasteiger charge is 2.25. The average molecular weight is 213 g/mol. The molecule has 0 aromatic carbocycles. The maximum Gasteiger partial charge on any atom is 0.0284 e. The molecule has 2 aliphatic rings. The van der Waals surface area contributed by atoms with Gasteiger partial charge in [-0.3, -0.25) is 0 Å². The van der Waals surface area contributed by atoms with E-state index in [1.54, 1.807) is 0 Å². The first-order valence-electron chi connectivity index (χ1n) is 6.24. The van der Waals surface area contributed by atoms with Crippen molar-refractivity contribution in [3.05, 3.63) is 34.7 Å². The smallest absolute Gasteiger partial charge is 0.0284 e. The lowest BCUT2D eigenvalue weighted by Crippen LogP contribution is -2.09. The maximum atomic E-state index is 2.44. The molecule has 1 nitrogen and oxygen atoms in total. The van der Waals surface area contributed by atoms with Gasteiger partial charge in [0.25, 0.3) is 0 Å². The molecule has 0 saturated carbocycles. The number of nitrogens with zero attached hydrogens (tertiary/aromatic N) is 1. The van der Waals surface area contributed by atoms with Crippen molar-refractivity contribution in [2.24, 2.45) is 13.0 Å². The number of fused-ring (bicyclic) bond motifs is 3. The molecule has 0 N–H and O–H groups in total. The molecule has 1 heterocycles. The van der Waals surface area contributed by atoms with Crippen molar-refractivity contribution < 1.29 is 0 Å². The molecule has 2 aliphatic carbocycles. The van der Waals surface area contributed by atoms with Crippen molar-refractivity contribution >= 4 is 12.2 Å². The Bertz CT molecular complexity index is 488. The summed E-state index contributed by atoms with van der Waals surface area (Å²) in [7, 11) is 2.24. The fourth-order valence-corrected chi connectivity index (χ4v) is 3.14. The molecule has 16 heavy (non-hydrogen) atoms. The van der Waals surface area contributed by atoms with Gasteiger partial charge in [0.1, 0.15) is 0 Å². The van der Waals surface area contributed by atoms with Crippen molar-refractivity contribution in [2.45, 2.75) is 32.6 Å². The van der Waals surface area contributed by atoms with Gasteiger partial charge in [0.05, 0.1) is 0 Å². The van der Waals surface area contributed by atoms with Gasteiger partial charge in [0.15, 0.2) is 0 Å². The van der Waals surface area contributed by atoms with Crippen LogP contribution < -0.4 is 0 Å². The number of allylic oxidation sites excluding steroid dienone is 2. The lowest BCUT2D eigenvalue weighted by atomic mass is 9.90. The first-order chi connectivity index (χ1) is 7.68. The molecule has 0 aliphatic heterocycles. The molecule has 2 atom stereocenters. The Morgan fingerprint density at radius 2 is 2.00 bits per heavy atom. The molecule has 0 saturated heterocycles. The molecule has 0 spiro atoms. The van der Waals surface area contributed by atoms with Crippen molar-refractivity contribution in [1.29, 1.82) is 0 Å². The second-order valence-electron chi connectivity index (χ2n) is 5.30. The van der Waals surface area contributed by atoms with Gasteiger partial charge in [0.2, 0.25) is 0 Å². The first-order valence-corrected chi connectivity index (χ1v) is 6.24. The Kier molecular flexibility index (Phi) is 2.10. The molecule has 0 fully saturated rings. The highest BCUT2D eigenvalue weighted by molar-refractivity contribution is 5.73. The summed E-state index contributed by atoms with van der Waals surface area (Å²) in [6.45, 7) is 4.63. The number of aromatic nitrogens is 1. The van der Waals surface area contributed by atoms with E-state index >= 15 is 0 Å². The van der Waals surface area contributed by atoms with Gasteiger partial charge in [-0.1, -0.05) is 38.2 Å². The molecular formula is C15H19N. The normalized spacial score (nSPS) is 26.7. The molecule has 1 heteroatoms. The molecule has 1 aromatic heterocycles. The van der Waals surface area contributed by atoms with E-state index in [9.17, 15) is 0 Å². The number of hydrogen-bond acceptors (Lipinski definition) is 0. The van der Waals surface area contributed by atoms with E-state index in [2.05, 4.69) is 49.8 Å². The van der Waals surface area contributed by atoms with Crippen LogP contribution in [-0.2, 0) is 13.5 Å². The number of hydrogen-bond donors (Lipinski definition) is 0. The lowest BCUT2D eigenvalue weighted by molar-refractivity contribution is 0.631. The Labute approximate surface area is 97.5 Å². The summed E-state index contributed by atoms with van der Waals surface area (Å²) in [5.41, 5.74) is 6.00. The van der Waals surface area contributed by atoms with Crippen LogP contribution in [0.4, 0.5) is 0 Å². The van der Waals surface area contributed by atoms with Gasteiger partial charge in [-0.2, -0.15) is 0 Å². The van der Waals surface area contributed by atoms with Gasteiger partial charge in [-0.05, 0) is 18.8 Å². The Balaban J connectivity index is 2.25. The molecule has 3 rings (SSSR count). The van der Waals surface area contributed by atoms with Gasteiger partial charge in [-0.15, -0.1) is 0 Å². The second kappa shape index (κ2) is 3.38. The SMILES string of the molecule is CC1C=Cc2c3c(n(C)c2C1)C(C)CC=C3. The van der Waals surface area contributed by atoms with E-state index in [4.69, 9.17) is 0 Å². The topological polar surface area (TPSA) is 4.93 Å². The van der Waals surface area contributed by atoms with Crippen LogP contribution in [0.2, 0.25) is 0 Å². The van der Waals surface area contributed by atoms with Gasteiger partial charge in [0, 0.05) is 35.5 Å². The van der Waals surface area contributed by atoms with Gasteiger partial charge < -0.3 is 4.57 Å². The third kappa shape index (κ3) is 1.24. The van der Waals surface area contributed by atoms with E-state index in [0.717, 1.165) is 0 Å². The third-order valence-electron chi connectivity index (χ3n) is 3.99. The number of rotatable bonds is 0. The third-order valence-corrected chi connectivity index (χ3v) is 3.99. The minimum atomic E-state index is 0.666. The van der Waals surface area contributed by atoms with Crippen LogP contribution in [0.3, 0.4) is 0 Å². The van der Waals surface area contributed by atoms with Crippen LogP contribution in [0.1, 0.15) is 48.7 Å². The van der Waals surface area contributed by atoms with Crippen LogP contribution >= 0.6 is 0 Å². The molecule has 0 bridgehead atoms. The Morgan fingerprint density at radius 3 is 2.81 bits per heavy atom. The monoisotopic (exact) mass is 213 g/mol. The van der Waals surface area contributed by atoms with E-state index in [1.165, 1.54) is 35.4 Å². The van der Waals surface area contributed by atoms with Crippen molar-refractivity contribution in [3.63, 3.8) is 0 Å². The highest BCUT2D eigenvalue weighted by atomic mass is 15.0. The van der Waals surface area contributed by atoms with Gasteiger partial charge in [-0.25, -0.2) is 0 Å². The maximum absolute atomic E-state index is 2.44. The summed E-state index contributed by atoms with van der Waals surface area (Å²) in [4.78, 5) is 0. The molecule has 2 unspecified atom stereocenters. The van der Waals surface area contributed by atoms with Crippen LogP contribution in [0, 0.1) is 5.92 Å². The summed E-state index contributed by atoms with van der Waals surface area (Å²) in [6.07, 6.45) is 11.7. The molecular weight excluding hydrogens is 194 g/mol. The fourth-order valence-electron chi connectivity index (χ4n) is 3.14. The van der Waals surface area contributed by atoms with Crippen molar-refractivity contribution in [2.75, 3.05) is 0 Å². The van der Waals surface area contributed by atoms with Crippen LogP contribution in [0.5, 0.6) is 0 Å². The standard InChI is InChI=1S/C15H19N/c1-10-7-8-12-13-6-4-5-11(2)15(13)16(3)14(12)9-10/h4,6-8,10-11H,5,9H2,1-3H3. The zero-order valence-corrected chi connectivity index (χ0v) is 10.3. The van der Waals surface area contributed by atoms with Crippen molar-refractivity contribution in [1.82, 2.24) is 4.57 Å². The summed E-state index contributed by atoms with van der Waals surface area (Å²) < 4.78 is 2.44. The van der Waals surface area contributed by atoms with E-state index < -0.39 is 0 Å². The minimum absolute atomic E-state index is 0.666. The highest BCUT2D eigenvalue weighted by Crippen LogP contribution is 2.38. The molecule has 1 aromatic rings. The second-order valence-corrected chi connectivity index (χ2v) is 5.30. The van der Waals surface area contributed by atoms with E-state index in [-0.39, 0.29) is 0 Å². The van der Waals surface area contributed by atoms with Crippen LogP contribution in [-0.4, -0.2) is 4.57 Å². The predicted molar refractivity (Wildman–Crippen MR) is 69.4 cm³/mol. The van der Waals surface area contributed by atoms with Crippen LogP contribution in [0.15, 0.2) is 12.2 Å². The molecule has 0 radical (unpaired) electrons. The van der Waals surface area contributed by atoms with E-state index in [1.807, 2.05) is 0 Å². The fraction of sp³-hybridized carbons (Fsp3) is 0.467. The summed E-state index contributed by atoms with van der Waals surface area (Å²) in [6, 6.07) is 0. The quantitative estimate of drug-likeness (QED) is 0.618. The largest absolute Gasteiger partial charge is 0.350 e. The predicted octanol–water partition coefficient (Wildman–Crippen LogP) is 3.75. The van der Waals surface area contributed by atoms with Crippen molar-refractivity contribution in [3.8, 4) is 0 Å². The lowest BCUT2D eigenvalue weighted by Gasteiger charge is -2.17. The summed E-state index contributed by atoms with van der Waals surface area (Å²) in [5, 5.41) is 0. The van der Waals surface area contributed by atoms with Crippen LogP contribution in [0.25, 0.3) is 12.2 Å². The molecule has 84 valence electrons. The first kappa shape index (κ1) is 9.95.